The second-order valence-corrected chi connectivity index (χ2v) is 10.6. The number of carbonyl (C=O) groups is 2. The highest BCUT2D eigenvalue weighted by molar-refractivity contribution is 6.07. The molecular weight excluding hydrogens is 540 g/mol. The predicted octanol–water partition coefficient (Wildman–Crippen LogP) is 5.22. The molecule has 0 radical (unpaired) electrons. The number of amides is 2. The third kappa shape index (κ3) is 5.56. The van der Waals surface area contributed by atoms with Gasteiger partial charge in [-0.15, -0.1) is 0 Å². The molecule has 1 aliphatic heterocycles. The summed E-state index contributed by atoms with van der Waals surface area (Å²) in [6, 6.07) is 27.3. The van der Waals surface area contributed by atoms with E-state index in [1.807, 2.05) is 24.3 Å². The maximum atomic E-state index is 13.6. The number of carbonyl (C=O) groups excluding carboxylic acids is 2. The number of nitrogens with zero attached hydrogens (tertiary/aromatic N) is 3. The molecule has 3 aromatic carbocycles. The summed E-state index contributed by atoms with van der Waals surface area (Å²) in [6.07, 6.45) is 2.11. The maximum Gasteiger partial charge on any atom is 0.273 e. The molecule has 0 saturated carbocycles. The van der Waals surface area contributed by atoms with E-state index < -0.39 is 5.91 Å². The fourth-order valence-corrected chi connectivity index (χ4v) is 5.56. The van der Waals surface area contributed by atoms with Gasteiger partial charge in [0.2, 0.25) is 0 Å². The Morgan fingerprint density at radius 3 is 2.60 bits per heavy atom. The summed E-state index contributed by atoms with van der Waals surface area (Å²) in [6.45, 7) is 1.48. The highest BCUT2D eigenvalue weighted by atomic mass is 16.3. The van der Waals surface area contributed by atoms with Gasteiger partial charge >= 0.3 is 0 Å². The average molecular weight is 571 g/mol. The third-order valence-electron chi connectivity index (χ3n) is 7.83. The molecule has 0 aliphatic carbocycles. The first kappa shape index (κ1) is 27.7. The van der Waals surface area contributed by atoms with Crippen LogP contribution in [0.1, 0.15) is 39.3 Å². The molecule has 3 heterocycles. The zero-order valence-corrected chi connectivity index (χ0v) is 23.6. The van der Waals surface area contributed by atoms with Crippen molar-refractivity contribution in [1.82, 2.24) is 20.2 Å². The van der Waals surface area contributed by atoms with Gasteiger partial charge in [0, 0.05) is 47.2 Å². The summed E-state index contributed by atoms with van der Waals surface area (Å²) in [7, 11) is 1.80. The Morgan fingerprint density at radius 1 is 1.02 bits per heavy atom. The molecule has 5 aromatic rings. The number of nitriles is 1. The van der Waals surface area contributed by atoms with Crippen LogP contribution >= 0.6 is 0 Å². The van der Waals surface area contributed by atoms with Crippen LogP contribution < -0.4 is 16.0 Å². The summed E-state index contributed by atoms with van der Waals surface area (Å²) < 4.78 is 1.79. The number of rotatable bonds is 7. The van der Waals surface area contributed by atoms with Gasteiger partial charge in [-0.05, 0) is 67.4 Å². The van der Waals surface area contributed by atoms with Crippen molar-refractivity contribution in [1.29, 1.82) is 5.26 Å². The predicted molar refractivity (Wildman–Crippen MR) is 166 cm³/mol. The molecule has 0 spiro atoms. The normalized spacial score (nSPS) is 14.4. The van der Waals surface area contributed by atoms with Crippen LogP contribution in [0.2, 0.25) is 0 Å². The first-order valence-corrected chi connectivity index (χ1v) is 14.1. The second-order valence-electron chi connectivity index (χ2n) is 10.6. The molecule has 1 saturated heterocycles. The van der Waals surface area contributed by atoms with E-state index in [9.17, 15) is 20.0 Å². The molecule has 1 aliphatic rings. The van der Waals surface area contributed by atoms with Gasteiger partial charge in [-0.1, -0.05) is 42.5 Å². The zero-order valence-electron chi connectivity index (χ0n) is 23.6. The van der Waals surface area contributed by atoms with Gasteiger partial charge in [0.15, 0.2) is 5.82 Å². The highest BCUT2D eigenvalue weighted by Crippen LogP contribution is 2.36. The molecule has 214 valence electrons. The summed E-state index contributed by atoms with van der Waals surface area (Å²) in [5.74, 6) is -0.592. The molecule has 9 nitrogen and oxygen atoms in total. The number of para-hydroxylation sites is 2. The van der Waals surface area contributed by atoms with Crippen LogP contribution in [0.5, 0.6) is 5.75 Å². The molecule has 2 amide bonds. The number of pyridine rings is 1. The topological polar surface area (TPSA) is 132 Å². The summed E-state index contributed by atoms with van der Waals surface area (Å²) in [4.78, 5) is 31.2. The minimum atomic E-state index is -0.434. The van der Waals surface area contributed by atoms with Gasteiger partial charge < -0.3 is 25.6 Å². The largest absolute Gasteiger partial charge is 0.507 e. The standard InChI is InChI=1S/C34H30N6O3/c1-40-29-13-4-2-8-22(29)17-30(40)34(43)39-32-27(19-35)26(18-28(38-32)25-12-3-5-14-31(25)41)21-9-6-10-23(16-21)33(42)37-20-24-11-7-15-36-24/h2-6,8-10,12-14,16-18,24,36,41H,7,11,15,20H2,1H3,(H,37,42)(H,38,39,43). The Balaban J connectivity index is 1.41. The average Bonchev–Trinajstić information content (AvgIpc) is 3.68. The van der Waals surface area contributed by atoms with Gasteiger partial charge in [-0.2, -0.15) is 5.26 Å². The van der Waals surface area contributed by atoms with Crippen molar-refractivity contribution in [2.24, 2.45) is 7.05 Å². The van der Waals surface area contributed by atoms with Crippen LogP contribution in [0.15, 0.2) is 84.9 Å². The number of hydrogen-bond acceptors (Lipinski definition) is 6. The van der Waals surface area contributed by atoms with Crippen molar-refractivity contribution < 1.29 is 14.7 Å². The van der Waals surface area contributed by atoms with E-state index in [1.165, 1.54) is 0 Å². The monoisotopic (exact) mass is 570 g/mol. The highest BCUT2D eigenvalue weighted by Gasteiger charge is 2.22. The second kappa shape index (κ2) is 11.8. The van der Waals surface area contributed by atoms with Crippen molar-refractivity contribution >= 4 is 28.5 Å². The Hall–Kier alpha value is -5.46. The third-order valence-corrected chi connectivity index (χ3v) is 7.83. The van der Waals surface area contributed by atoms with Crippen molar-refractivity contribution in [3.63, 3.8) is 0 Å². The molecule has 1 unspecified atom stereocenters. The van der Waals surface area contributed by atoms with Crippen molar-refractivity contribution in [2.75, 3.05) is 18.4 Å². The number of hydrogen-bond donors (Lipinski definition) is 4. The molecule has 4 N–H and O–H groups in total. The van der Waals surface area contributed by atoms with Gasteiger partial charge in [0.25, 0.3) is 11.8 Å². The van der Waals surface area contributed by atoms with Crippen molar-refractivity contribution in [3.8, 4) is 34.2 Å². The lowest BCUT2D eigenvalue weighted by Gasteiger charge is -2.15. The fourth-order valence-electron chi connectivity index (χ4n) is 5.56. The van der Waals surface area contributed by atoms with Crippen molar-refractivity contribution in [2.45, 2.75) is 18.9 Å². The van der Waals surface area contributed by atoms with E-state index in [1.54, 1.807) is 72.3 Å². The Morgan fingerprint density at radius 2 is 1.84 bits per heavy atom. The number of phenols is 1. The molecule has 0 bridgehead atoms. The van der Waals surface area contributed by atoms with E-state index in [4.69, 9.17) is 0 Å². The number of aromatic hydroxyl groups is 1. The Bertz CT molecular complexity index is 1900. The molecular formula is C34H30N6O3. The van der Waals surface area contributed by atoms with E-state index in [-0.39, 0.29) is 29.1 Å². The quantitative estimate of drug-likeness (QED) is 0.212. The first-order valence-electron chi connectivity index (χ1n) is 14.1. The van der Waals surface area contributed by atoms with Crippen LogP contribution in [0.3, 0.4) is 0 Å². The van der Waals surface area contributed by atoms with Gasteiger partial charge in [-0.25, -0.2) is 4.98 Å². The van der Waals surface area contributed by atoms with Gasteiger partial charge in [0.05, 0.1) is 5.69 Å². The lowest BCUT2D eigenvalue weighted by molar-refractivity contribution is 0.0949. The summed E-state index contributed by atoms with van der Waals surface area (Å²) in [5.41, 5.74) is 3.74. The smallest absolute Gasteiger partial charge is 0.273 e. The minimum Gasteiger partial charge on any atom is -0.507 e. The molecule has 1 fully saturated rings. The number of nitrogens with one attached hydrogen (secondary N) is 3. The lowest BCUT2D eigenvalue weighted by atomic mass is 9.96. The molecule has 2 aromatic heterocycles. The Labute approximate surface area is 248 Å². The molecule has 9 heteroatoms. The summed E-state index contributed by atoms with van der Waals surface area (Å²) in [5, 5.41) is 31.1. The number of benzene rings is 3. The number of fused-ring (bicyclic) bond motifs is 1. The SMILES string of the molecule is Cn1c(C(=O)Nc2nc(-c3ccccc3O)cc(-c3cccc(C(=O)NCC4CCCN4)c3)c2C#N)cc2ccccc21. The molecule has 1 atom stereocenters. The molecule has 43 heavy (non-hydrogen) atoms. The Kier molecular flexibility index (Phi) is 7.60. The first-order chi connectivity index (χ1) is 20.9. The van der Waals surface area contributed by atoms with Crippen LogP contribution in [0, 0.1) is 11.3 Å². The number of anilines is 1. The van der Waals surface area contributed by atoms with Crippen LogP contribution in [0.25, 0.3) is 33.3 Å². The van der Waals surface area contributed by atoms with E-state index in [0.29, 0.717) is 40.2 Å². The fraction of sp³-hybridized carbons (Fsp3) is 0.176. The maximum absolute atomic E-state index is 13.6. The summed E-state index contributed by atoms with van der Waals surface area (Å²) >= 11 is 0. The number of aryl methyl sites for hydroxylation is 1. The van der Waals surface area contributed by atoms with E-state index >= 15 is 0 Å². The number of phenolic OH excluding ortho intramolecular Hbond substituents is 1. The van der Waals surface area contributed by atoms with E-state index in [2.05, 4.69) is 27.0 Å². The van der Waals surface area contributed by atoms with Crippen LogP contribution in [-0.4, -0.2) is 45.6 Å². The van der Waals surface area contributed by atoms with Crippen LogP contribution in [0.4, 0.5) is 5.82 Å². The van der Waals surface area contributed by atoms with E-state index in [0.717, 1.165) is 30.3 Å². The van der Waals surface area contributed by atoms with Crippen molar-refractivity contribution in [3.05, 3.63) is 102 Å². The van der Waals surface area contributed by atoms with Gasteiger partial charge in [0.1, 0.15) is 23.1 Å². The number of aromatic nitrogens is 2. The lowest BCUT2D eigenvalue weighted by Crippen LogP contribution is -2.37. The minimum absolute atomic E-state index is 0.00488. The zero-order chi connectivity index (χ0) is 29.9. The van der Waals surface area contributed by atoms with Crippen LogP contribution in [-0.2, 0) is 7.05 Å². The van der Waals surface area contributed by atoms with Gasteiger partial charge in [-0.3, -0.25) is 9.59 Å². The molecule has 6 rings (SSSR count).